The average molecular weight is 308 g/mol. The van der Waals surface area contributed by atoms with E-state index >= 15 is 0 Å². The van der Waals surface area contributed by atoms with Gasteiger partial charge in [0.2, 0.25) is 0 Å². The predicted octanol–water partition coefficient (Wildman–Crippen LogP) is 2.12. The lowest BCUT2D eigenvalue weighted by Crippen LogP contribution is -2.30. The molecule has 0 spiro atoms. The Hall–Kier alpha value is -1.85. The Balaban J connectivity index is 1.95. The molecular formula is C15H18ClN3O2. The molecule has 0 saturated heterocycles. The highest BCUT2D eigenvalue weighted by molar-refractivity contribution is 6.35. The van der Waals surface area contributed by atoms with E-state index < -0.39 is 0 Å². The molecule has 0 saturated carbocycles. The molecule has 1 aromatic heterocycles. The van der Waals surface area contributed by atoms with Gasteiger partial charge in [0.1, 0.15) is 11.3 Å². The van der Waals surface area contributed by atoms with Gasteiger partial charge in [0.05, 0.1) is 5.02 Å². The van der Waals surface area contributed by atoms with E-state index in [0.717, 1.165) is 18.2 Å². The van der Waals surface area contributed by atoms with Crippen molar-refractivity contribution in [2.45, 2.75) is 12.8 Å². The lowest BCUT2D eigenvalue weighted by Gasteiger charge is -2.10. The molecule has 1 heterocycles. The van der Waals surface area contributed by atoms with Gasteiger partial charge in [-0.15, -0.1) is 0 Å². The monoisotopic (exact) mass is 307 g/mol. The molecule has 2 aromatic rings. The first-order valence-electron chi connectivity index (χ1n) is 6.85. The number of carbonyl (C=O) groups is 1. The number of hydrogen-bond donors (Lipinski definition) is 2. The largest absolute Gasteiger partial charge is 0.481 e. The Kier molecular flexibility index (Phi) is 5.78. The molecule has 0 atom stereocenters. The average Bonchev–Trinajstić information content (AvgIpc) is 2.51. The maximum Gasteiger partial charge on any atom is 0.257 e. The van der Waals surface area contributed by atoms with E-state index in [1.165, 1.54) is 0 Å². The smallest absolute Gasteiger partial charge is 0.257 e. The number of fused-ring (bicyclic) bond motifs is 1. The number of amides is 1. The Labute approximate surface area is 128 Å². The summed E-state index contributed by atoms with van der Waals surface area (Å²) in [5, 5.41) is 4.19. The zero-order valence-electron chi connectivity index (χ0n) is 11.6. The first-order chi connectivity index (χ1) is 10.2. The molecule has 0 aliphatic carbocycles. The van der Waals surface area contributed by atoms with Gasteiger partial charge in [-0.1, -0.05) is 11.6 Å². The first kappa shape index (κ1) is 15.5. The Morgan fingerprint density at radius 3 is 3.00 bits per heavy atom. The van der Waals surface area contributed by atoms with Crippen LogP contribution in [0.15, 0.2) is 30.5 Å². The summed E-state index contributed by atoms with van der Waals surface area (Å²) in [6, 6.07) is 7.13. The molecule has 2 rings (SSSR count). The van der Waals surface area contributed by atoms with Crippen LogP contribution in [0.5, 0.6) is 5.75 Å². The van der Waals surface area contributed by atoms with Crippen molar-refractivity contribution in [3.05, 3.63) is 35.5 Å². The molecular weight excluding hydrogens is 290 g/mol. The van der Waals surface area contributed by atoms with Crippen LogP contribution < -0.4 is 15.8 Å². The van der Waals surface area contributed by atoms with E-state index in [0.29, 0.717) is 29.4 Å². The molecule has 3 N–H and O–H groups in total. The second-order valence-corrected chi connectivity index (χ2v) is 4.99. The first-order valence-corrected chi connectivity index (χ1v) is 7.23. The number of pyridine rings is 1. The third-order valence-electron chi connectivity index (χ3n) is 2.99. The number of hydrogen-bond acceptors (Lipinski definition) is 4. The van der Waals surface area contributed by atoms with Crippen molar-refractivity contribution in [1.82, 2.24) is 10.3 Å². The SMILES string of the molecule is NCCCCNC(=O)COc1ccc(Cl)c2cccnc12. The number of halogens is 1. The van der Waals surface area contributed by atoms with Gasteiger partial charge in [-0.3, -0.25) is 9.78 Å². The van der Waals surface area contributed by atoms with Gasteiger partial charge in [-0.2, -0.15) is 0 Å². The van der Waals surface area contributed by atoms with E-state index in [4.69, 9.17) is 22.1 Å². The van der Waals surface area contributed by atoms with Crippen LogP contribution in [0.25, 0.3) is 10.9 Å². The molecule has 5 nitrogen and oxygen atoms in total. The normalized spacial score (nSPS) is 10.6. The second kappa shape index (κ2) is 7.81. The minimum absolute atomic E-state index is 0.0457. The lowest BCUT2D eigenvalue weighted by atomic mass is 10.2. The number of carbonyl (C=O) groups excluding carboxylic acids is 1. The number of benzene rings is 1. The third-order valence-corrected chi connectivity index (χ3v) is 3.32. The number of nitrogens with zero attached hydrogens (tertiary/aromatic N) is 1. The van der Waals surface area contributed by atoms with E-state index in [1.54, 1.807) is 18.3 Å². The molecule has 0 radical (unpaired) electrons. The molecule has 0 fully saturated rings. The van der Waals surface area contributed by atoms with Gasteiger partial charge in [0.15, 0.2) is 6.61 Å². The van der Waals surface area contributed by atoms with E-state index in [2.05, 4.69) is 10.3 Å². The molecule has 0 aliphatic rings. The standard InChI is InChI=1S/C15H18ClN3O2/c16-12-5-6-13(15-11(12)4-3-9-19-15)21-10-14(20)18-8-2-1-7-17/h3-6,9H,1-2,7-8,10,17H2,(H,18,20). The summed E-state index contributed by atoms with van der Waals surface area (Å²) in [7, 11) is 0. The van der Waals surface area contributed by atoms with Crippen molar-refractivity contribution < 1.29 is 9.53 Å². The highest BCUT2D eigenvalue weighted by Gasteiger charge is 2.08. The lowest BCUT2D eigenvalue weighted by molar-refractivity contribution is -0.123. The highest BCUT2D eigenvalue weighted by Crippen LogP contribution is 2.29. The second-order valence-electron chi connectivity index (χ2n) is 4.58. The quantitative estimate of drug-likeness (QED) is 0.768. The number of nitrogens with two attached hydrogens (primary N) is 1. The molecule has 1 amide bonds. The number of aromatic nitrogens is 1. The van der Waals surface area contributed by atoms with Gasteiger partial charge in [0.25, 0.3) is 5.91 Å². The van der Waals surface area contributed by atoms with Crippen LogP contribution in [0.3, 0.4) is 0 Å². The summed E-state index contributed by atoms with van der Waals surface area (Å²) < 4.78 is 5.54. The number of unbranched alkanes of at least 4 members (excludes halogenated alkanes) is 1. The minimum Gasteiger partial charge on any atom is -0.481 e. The Morgan fingerprint density at radius 1 is 1.33 bits per heavy atom. The van der Waals surface area contributed by atoms with Crippen molar-refractivity contribution in [2.24, 2.45) is 5.73 Å². The summed E-state index contributed by atoms with van der Waals surface area (Å²) in [6.07, 6.45) is 3.43. The van der Waals surface area contributed by atoms with Gasteiger partial charge in [-0.05, 0) is 43.7 Å². The predicted molar refractivity (Wildman–Crippen MR) is 83.5 cm³/mol. The van der Waals surface area contributed by atoms with Crippen LogP contribution in [0.4, 0.5) is 0 Å². The minimum atomic E-state index is -0.161. The van der Waals surface area contributed by atoms with Crippen molar-refractivity contribution in [2.75, 3.05) is 19.7 Å². The topological polar surface area (TPSA) is 77.2 Å². The van der Waals surface area contributed by atoms with Crippen molar-refractivity contribution in [1.29, 1.82) is 0 Å². The van der Waals surface area contributed by atoms with Crippen LogP contribution in [0.2, 0.25) is 5.02 Å². The fourth-order valence-electron chi connectivity index (χ4n) is 1.92. The van der Waals surface area contributed by atoms with Crippen molar-refractivity contribution in [3.63, 3.8) is 0 Å². The fraction of sp³-hybridized carbons (Fsp3) is 0.333. The molecule has 1 aromatic carbocycles. The zero-order chi connectivity index (χ0) is 15.1. The third kappa shape index (κ3) is 4.31. The van der Waals surface area contributed by atoms with Crippen LogP contribution in [0, 0.1) is 0 Å². The molecule has 6 heteroatoms. The van der Waals surface area contributed by atoms with E-state index in [9.17, 15) is 4.79 Å². The molecule has 0 unspecified atom stereocenters. The summed E-state index contributed by atoms with van der Waals surface area (Å²) in [6.45, 7) is 1.20. The summed E-state index contributed by atoms with van der Waals surface area (Å²) in [4.78, 5) is 15.9. The molecule has 0 bridgehead atoms. The highest BCUT2D eigenvalue weighted by atomic mass is 35.5. The number of nitrogens with one attached hydrogen (secondary N) is 1. The molecule has 21 heavy (non-hydrogen) atoms. The zero-order valence-corrected chi connectivity index (χ0v) is 12.4. The molecule has 112 valence electrons. The summed E-state index contributed by atoms with van der Waals surface area (Å²) in [5.41, 5.74) is 6.04. The van der Waals surface area contributed by atoms with Crippen LogP contribution in [-0.4, -0.2) is 30.6 Å². The number of rotatable bonds is 7. The van der Waals surface area contributed by atoms with Crippen LogP contribution in [0.1, 0.15) is 12.8 Å². The maximum atomic E-state index is 11.7. The Bertz CT molecular complexity index is 619. The number of ether oxygens (including phenoxy) is 1. The molecule has 0 aliphatic heterocycles. The van der Waals surface area contributed by atoms with Crippen molar-refractivity contribution in [3.8, 4) is 5.75 Å². The summed E-state index contributed by atoms with van der Waals surface area (Å²) in [5.74, 6) is 0.387. The van der Waals surface area contributed by atoms with Gasteiger partial charge >= 0.3 is 0 Å². The van der Waals surface area contributed by atoms with Gasteiger partial charge in [0, 0.05) is 18.1 Å². The van der Waals surface area contributed by atoms with E-state index in [1.807, 2.05) is 12.1 Å². The Morgan fingerprint density at radius 2 is 2.19 bits per heavy atom. The van der Waals surface area contributed by atoms with Gasteiger partial charge < -0.3 is 15.8 Å². The van der Waals surface area contributed by atoms with Crippen LogP contribution in [-0.2, 0) is 4.79 Å². The van der Waals surface area contributed by atoms with Crippen LogP contribution >= 0.6 is 11.6 Å². The van der Waals surface area contributed by atoms with Crippen molar-refractivity contribution >= 4 is 28.4 Å². The fourth-order valence-corrected chi connectivity index (χ4v) is 2.14. The van der Waals surface area contributed by atoms with E-state index in [-0.39, 0.29) is 12.5 Å². The summed E-state index contributed by atoms with van der Waals surface area (Å²) >= 11 is 6.10. The van der Waals surface area contributed by atoms with Gasteiger partial charge in [-0.25, -0.2) is 0 Å². The maximum absolute atomic E-state index is 11.7.